The molecule has 0 aliphatic carbocycles. The van der Waals surface area contributed by atoms with Crippen molar-refractivity contribution in [2.24, 2.45) is 0 Å². The quantitative estimate of drug-likeness (QED) is 0.155. The van der Waals surface area contributed by atoms with Crippen LogP contribution in [0.2, 0.25) is 5.02 Å². The van der Waals surface area contributed by atoms with Gasteiger partial charge >= 0.3 is 40.9 Å². The maximum atomic E-state index is 13.5. The minimum atomic E-state index is -5.39. The molecule has 5 rings (SSSR count). The highest BCUT2D eigenvalue weighted by atomic mass is 35.5. The number of sulfonamides is 1. The predicted octanol–water partition coefficient (Wildman–Crippen LogP) is 6.35. The number of halogens is 13. The molecule has 1 aromatic heterocycles. The number of hydrogen-bond acceptors (Lipinski definition) is 7. The number of alkyl halides is 12. The van der Waals surface area contributed by atoms with Gasteiger partial charge in [-0.1, -0.05) is 17.7 Å². The molecule has 1 aliphatic rings. The number of fused-ring (bicyclic) bond motifs is 1. The van der Waals surface area contributed by atoms with Crippen LogP contribution >= 0.6 is 11.6 Å². The first-order valence-corrected chi connectivity index (χ1v) is 17.5. The molecule has 0 bridgehead atoms. The van der Waals surface area contributed by atoms with Gasteiger partial charge in [-0.3, -0.25) is 4.79 Å². The van der Waals surface area contributed by atoms with E-state index < -0.39 is 103 Å². The molecule has 2 heterocycles. The first-order valence-electron chi connectivity index (χ1n) is 14.2. The number of nitrogens with one attached hydrogen (secondary N) is 3. The molecule has 1 fully saturated rings. The molecular weight excluding hydrogens is 846 g/mol. The van der Waals surface area contributed by atoms with Crippen LogP contribution in [0.5, 0.6) is 0 Å². The minimum absolute atomic E-state index is 0.0274. The van der Waals surface area contributed by atoms with E-state index in [9.17, 15) is 74.3 Å². The van der Waals surface area contributed by atoms with Crippen molar-refractivity contribution in [2.75, 3.05) is 10.8 Å². The van der Waals surface area contributed by atoms with Gasteiger partial charge in [0.05, 0.1) is 49.4 Å². The van der Waals surface area contributed by atoms with Gasteiger partial charge in [-0.25, -0.2) is 31.9 Å². The number of nitrogens with zero attached hydrogens (tertiary/aromatic N) is 2. The maximum Gasteiger partial charge on any atom is 0.490 e. The monoisotopic (exact) mass is 863 g/mol. The number of anilines is 1. The van der Waals surface area contributed by atoms with Gasteiger partial charge in [-0.2, -0.15) is 61.1 Å². The second-order valence-electron chi connectivity index (χ2n) is 11.1. The molecule has 55 heavy (non-hydrogen) atoms. The lowest BCUT2D eigenvalue weighted by Crippen LogP contribution is -2.31. The van der Waals surface area contributed by atoms with E-state index in [1.165, 1.54) is 6.07 Å². The van der Waals surface area contributed by atoms with E-state index in [1.54, 1.807) is 4.72 Å². The average molecular weight is 864 g/mol. The lowest BCUT2D eigenvalue weighted by atomic mass is 10.1. The second-order valence-corrected chi connectivity index (χ2v) is 14.8. The van der Waals surface area contributed by atoms with Gasteiger partial charge in [0.15, 0.2) is 0 Å². The molecule has 0 saturated carbocycles. The summed E-state index contributed by atoms with van der Waals surface area (Å²) in [4.78, 5) is 25.7. The fourth-order valence-corrected chi connectivity index (χ4v) is 7.47. The van der Waals surface area contributed by atoms with Crippen molar-refractivity contribution in [3.8, 4) is 0 Å². The molecule has 1 aliphatic heterocycles. The normalized spacial score (nSPS) is 15.7. The van der Waals surface area contributed by atoms with Crippen molar-refractivity contribution in [1.29, 1.82) is 0 Å². The molecule has 300 valence electrons. The Hall–Kier alpha value is -4.82. The third-order valence-corrected chi connectivity index (χ3v) is 10.3. The molecular formula is C28H18ClF12N5O7S2. The zero-order valence-electron chi connectivity index (χ0n) is 26.2. The highest BCUT2D eigenvalue weighted by Crippen LogP contribution is 2.38. The Morgan fingerprint density at radius 2 is 1.42 bits per heavy atom. The van der Waals surface area contributed by atoms with Crippen LogP contribution in [-0.2, 0) is 54.8 Å². The topological polar surface area (TPSA) is 179 Å². The summed E-state index contributed by atoms with van der Waals surface area (Å²) in [6.07, 6.45) is -21.2. The van der Waals surface area contributed by atoms with Gasteiger partial charge in [0, 0.05) is 0 Å². The Kier molecular flexibility index (Phi) is 11.5. The molecule has 1 atom stereocenters. The number of hydrogen-bond donors (Lipinski definition) is 4. The van der Waals surface area contributed by atoms with Crippen LogP contribution < -0.4 is 13.7 Å². The Morgan fingerprint density at radius 1 is 0.873 bits per heavy atom. The Balaban J connectivity index is 0.000000876. The third-order valence-electron chi connectivity index (χ3n) is 7.11. The molecule has 0 unspecified atom stereocenters. The van der Waals surface area contributed by atoms with Crippen molar-refractivity contribution >= 4 is 60.4 Å². The Morgan fingerprint density at radius 3 is 1.87 bits per heavy atom. The van der Waals surface area contributed by atoms with E-state index in [1.807, 2.05) is 4.72 Å². The predicted molar refractivity (Wildman–Crippen MR) is 164 cm³/mol. The van der Waals surface area contributed by atoms with Crippen LogP contribution in [-0.4, -0.2) is 56.5 Å². The molecule has 4 aromatic rings. The summed E-state index contributed by atoms with van der Waals surface area (Å²) >= 11 is 6.26. The van der Waals surface area contributed by atoms with Crippen molar-refractivity contribution in [1.82, 2.24) is 19.4 Å². The van der Waals surface area contributed by atoms with Crippen LogP contribution in [0.3, 0.4) is 0 Å². The summed E-state index contributed by atoms with van der Waals surface area (Å²) in [6, 6.07) is 3.74. The fraction of sp³-hybridized carbons (Fsp3) is 0.250. The fourth-order valence-electron chi connectivity index (χ4n) is 4.68. The highest BCUT2D eigenvalue weighted by molar-refractivity contribution is 7.92. The molecule has 27 heteroatoms. The van der Waals surface area contributed by atoms with Crippen molar-refractivity contribution in [3.05, 3.63) is 87.7 Å². The number of benzene rings is 3. The molecule has 1 saturated heterocycles. The first kappa shape index (κ1) is 42.9. The number of aromatic amines is 1. The van der Waals surface area contributed by atoms with Gasteiger partial charge < -0.3 is 10.1 Å². The summed E-state index contributed by atoms with van der Waals surface area (Å²) in [6.45, 7) is -0.625. The molecule has 0 radical (unpaired) electrons. The largest absolute Gasteiger partial charge is 0.490 e. The number of aliphatic carboxylic acids is 1. The summed E-state index contributed by atoms with van der Waals surface area (Å²) < 4.78 is 208. The van der Waals surface area contributed by atoms with E-state index in [4.69, 9.17) is 21.5 Å². The molecule has 12 nitrogen and oxygen atoms in total. The molecule has 4 N–H and O–H groups in total. The van der Waals surface area contributed by atoms with E-state index in [0.29, 0.717) is 16.4 Å². The van der Waals surface area contributed by atoms with E-state index in [-0.39, 0.29) is 45.5 Å². The first-order chi connectivity index (χ1) is 24.9. The summed E-state index contributed by atoms with van der Waals surface area (Å²) in [7, 11) is -9.57. The van der Waals surface area contributed by atoms with Gasteiger partial charge in [0.25, 0.3) is 5.91 Å². The van der Waals surface area contributed by atoms with Crippen molar-refractivity contribution in [3.63, 3.8) is 0 Å². The van der Waals surface area contributed by atoms with Gasteiger partial charge in [-0.05, 0) is 60.5 Å². The molecule has 3 aromatic carbocycles. The lowest BCUT2D eigenvalue weighted by Gasteiger charge is -2.20. The zero-order valence-corrected chi connectivity index (χ0v) is 28.6. The summed E-state index contributed by atoms with van der Waals surface area (Å²) in [5.74, 6) is -4.02. The number of amides is 1. The standard InChI is InChI=1S/C26H17ClF9N5O5S2.C2HF3O2/c27-17-5-12(1-4-21(17)41-11-22(42)40-48(41,45)46)6-20(23-37-18-3-2-13(24(28,29)30)10-19(18)38-23)39-47(43,44)16-8-14(25(31,32)33)7-15(9-16)26(34,35)36;3-2(4,5)1(6)7/h1-5,7-10,20,39H,6,11H2,(H,37,38)(H,40,42);(H,6,7)/t20-;/m0./s1. The molecule has 0 spiro atoms. The smallest absolute Gasteiger partial charge is 0.475 e. The Labute approximate surface area is 304 Å². The van der Waals surface area contributed by atoms with Crippen molar-refractivity contribution < 1.29 is 84.2 Å². The second kappa shape index (κ2) is 14.7. The number of carbonyl (C=O) groups excluding carboxylic acids is 1. The Bertz CT molecular complexity index is 2330. The van der Waals surface area contributed by atoms with Gasteiger partial charge in [-0.15, -0.1) is 0 Å². The van der Waals surface area contributed by atoms with Crippen LogP contribution in [0.15, 0.2) is 59.5 Å². The SMILES string of the molecule is O=C(O)C(F)(F)F.O=C1CN(c2ccc(C[C@H](NS(=O)(=O)c3cc(C(F)(F)F)cc(C(F)(F)F)c3)c3nc4ccc(C(F)(F)F)cc4[nH]3)cc2Cl)S(=O)(=O)N1. The van der Waals surface area contributed by atoms with Crippen LogP contribution in [0.4, 0.5) is 58.4 Å². The number of carboxylic acid groups (broad SMARTS) is 1. The number of imidazole rings is 1. The summed E-state index contributed by atoms with van der Waals surface area (Å²) in [5.41, 5.74) is -5.41. The van der Waals surface area contributed by atoms with Gasteiger partial charge in [0.2, 0.25) is 10.0 Å². The van der Waals surface area contributed by atoms with Crippen LogP contribution in [0.1, 0.15) is 34.1 Å². The number of aromatic nitrogens is 2. The van der Waals surface area contributed by atoms with Crippen LogP contribution in [0, 0.1) is 0 Å². The number of carboxylic acids is 1. The van der Waals surface area contributed by atoms with Crippen molar-refractivity contribution in [2.45, 2.75) is 42.1 Å². The lowest BCUT2D eigenvalue weighted by molar-refractivity contribution is -0.192. The zero-order chi connectivity index (χ0) is 41.7. The number of carbonyl (C=O) groups is 2. The number of H-pyrrole nitrogens is 1. The average Bonchev–Trinajstić information content (AvgIpc) is 3.57. The molecule has 1 amide bonds. The van der Waals surface area contributed by atoms with Gasteiger partial charge in [0.1, 0.15) is 12.4 Å². The van der Waals surface area contributed by atoms with E-state index in [0.717, 1.165) is 18.2 Å². The van der Waals surface area contributed by atoms with E-state index >= 15 is 0 Å². The highest BCUT2D eigenvalue weighted by Gasteiger charge is 2.40. The summed E-state index contributed by atoms with van der Waals surface area (Å²) in [5, 5.41) is 6.85. The van der Waals surface area contributed by atoms with Crippen LogP contribution in [0.25, 0.3) is 11.0 Å². The maximum absolute atomic E-state index is 13.5. The number of rotatable bonds is 7. The minimum Gasteiger partial charge on any atom is -0.475 e. The van der Waals surface area contributed by atoms with E-state index in [2.05, 4.69) is 9.97 Å². The third kappa shape index (κ3) is 10.3.